The SMILES string of the molecule is C/C(=C/c1cccnc1)c1nc(C2CC(=O)N(CC3CCC3)C2)no1. The van der Waals surface area contributed by atoms with Crippen molar-refractivity contribution in [3.05, 3.63) is 41.8 Å². The average Bonchev–Trinajstić information content (AvgIpc) is 3.19. The Morgan fingerprint density at radius 2 is 2.32 bits per heavy atom. The highest BCUT2D eigenvalue weighted by molar-refractivity contribution is 5.79. The zero-order valence-electron chi connectivity index (χ0n) is 14.4. The van der Waals surface area contributed by atoms with E-state index in [0.717, 1.165) is 17.7 Å². The third-order valence-electron chi connectivity index (χ3n) is 5.13. The van der Waals surface area contributed by atoms with E-state index in [2.05, 4.69) is 15.1 Å². The number of nitrogens with zero attached hydrogens (tertiary/aromatic N) is 4. The highest BCUT2D eigenvalue weighted by atomic mass is 16.5. The molecule has 3 heterocycles. The molecular formula is C19H22N4O2. The normalized spacial score (nSPS) is 21.6. The Bertz CT molecular complexity index is 780. The van der Waals surface area contributed by atoms with Gasteiger partial charge in [-0.25, -0.2) is 0 Å². The smallest absolute Gasteiger partial charge is 0.253 e. The number of rotatable bonds is 5. The minimum Gasteiger partial charge on any atom is -0.342 e. The van der Waals surface area contributed by atoms with E-state index >= 15 is 0 Å². The van der Waals surface area contributed by atoms with Crippen molar-refractivity contribution in [1.29, 1.82) is 0 Å². The van der Waals surface area contributed by atoms with Crippen molar-refractivity contribution >= 4 is 17.6 Å². The summed E-state index contributed by atoms with van der Waals surface area (Å²) in [6.45, 7) is 3.53. The summed E-state index contributed by atoms with van der Waals surface area (Å²) in [6.07, 6.45) is 9.77. The number of carbonyl (C=O) groups excluding carboxylic acids is 1. The Morgan fingerprint density at radius 3 is 3.04 bits per heavy atom. The van der Waals surface area contributed by atoms with Crippen LogP contribution in [0.3, 0.4) is 0 Å². The minimum absolute atomic E-state index is 0.0382. The fraction of sp³-hybridized carbons (Fsp3) is 0.474. The summed E-state index contributed by atoms with van der Waals surface area (Å²) in [6, 6.07) is 3.86. The second-order valence-electron chi connectivity index (χ2n) is 7.07. The molecule has 0 aromatic carbocycles. The van der Waals surface area contributed by atoms with Gasteiger partial charge in [-0.2, -0.15) is 4.98 Å². The van der Waals surface area contributed by atoms with E-state index in [9.17, 15) is 4.79 Å². The quantitative estimate of drug-likeness (QED) is 0.837. The molecule has 1 saturated carbocycles. The molecular weight excluding hydrogens is 316 g/mol. The van der Waals surface area contributed by atoms with Gasteiger partial charge in [-0.3, -0.25) is 9.78 Å². The highest BCUT2D eigenvalue weighted by Gasteiger charge is 2.35. The first-order chi connectivity index (χ1) is 12.2. The van der Waals surface area contributed by atoms with Crippen LogP contribution in [0.1, 0.15) is 55.8 Å². The molecule has 2 aliphatic rings. The molecule has 0 radical (unpaired) electrons. The summed E-state index contributed by atoms with van der Waals surface area (Å²) in [7, 11) is 0. The second kappa shape index (κ2) is 6.78. The topological polar surface area (TPSA) is 72.1 Å². The van der Waals surface area contributed by atoms with E-state index in [4.69, 9.17) is 4.52 Å². The summed E-state index contributed by atoms with van der Waals surface area (Å²) in [4.78, 5) is 22.8. The maximum atomic E-state index is 12.2. The molecule has 4 rings (SSSR count). The molecule has 1 unspecified atom stereocenters. The molecule has 1 atom stereocenters. The molecule has 0 N–H and O–H groups in total. The number of aromatic nitrogens is 3. The van der Waals surface area contributed by atoms with Crippen LogP contribution in [0.15, 0.2) is 29.0 Å². The minimum atomic E-state index is 0.0382. The molecule has 130 valence electrons. The van der Waals surface area contributed by atoms with Crippen LogP contribution >= 0.6 is 0 Å². The van der Waals surface area contributed by atoms with Crippen LogP contribution in [0.2, 0.25) is 0 Å². The first kappa shape index (κ1) is 16.0. The summed E-state index contributed by atoms with van der Waals surface area (Å²) < 4.78 is 5.42. The van der Waals surface area contributed by atoms with Gasteiger partial charge in [0.2, 0.25) is 5.91 Å². The van der Waals surface area contributed by atoms with Gasteiger partial charge in [-0.05, 0) is 43.4 Å². The van der Waals surface area contributed by atoms with Crippen molar-refractivity contribution in [2.75, 3.05) is 13.1 Å². The summed E-state index contributed by atoms with van der Waals surface area (Å²) in [5.41, 5.74) is 1.88. The van der Waals surface area contributed by atoms with Crippen LogP contribution in [0, 0.1) is 5.92 Å². The highest BCUT2D eigenvalue weighted by Crippen LogP contribution is 2.32. The Balaban J connectivity index is 1.44. The van der Waals surface area contributed by atoms with E-state index in [1.54, 1.807) is 12.4 Å². The van der Waals surface area contributed by atoms with Gasteiger partial charge in [-0.15, -0.1) is 0 Å². The molecule has 2 aromatic rings. The van der Waals surface area contributed by atoms with Crippen LogP contribution in [0.5, 0.6) is 0 Å². The Morgan fingerprint density at radius 1 is 1.44 bits per heavy atom. The largest absolute Gasteiger partial charge is 0.342 e. The molecule has 0 spiro atoms. The van der Waals surface area contributed by atoms with Crippen molar-refractivity contribution in [2.24, 2.45) is 5.92 Å². The van der Waals surface area contributed by atoms with Gasteiger partial charge in [0.15, 0.2) is 5.82 Å². The van der Waals surface area contributed by atoms with Crippen molar-refractivity contribution < 1.29 is 9.32 Å². The predicted octanol–water partition coefficient (Wildman–Crippen LogP) is 3.14. The summed E-state index contributed by atoms with van der Waals surface area (Å²) in [5.74, 6) is 2.08. The fourth-order valence-corrected chi connectivity index (χ4v) is 3.44. The van der Waals surface area contributed by atoms with Gasteiger partial charge < -0.3 is 9.42 Å². The van der Waals surface area contributed by atoms with Crippen molar-refractivity contribution in [1.82, 2.24) is 20.0 Å². The maximum absolute atomic E-state index is 12.2. The standard InChI is InChI=1S/C19H22N4O2/c1-13(8-15-6-3-7-20-10-15)19-21-18(22-25-19)16-9-17(24)23(12-16)11-14-4-2-5-14/h3,6-8,10,14,16H,2,4-5,9,11-12H2,1H3/b13-8-. The number of amides is 1. The number of allylic oxidation sites excluding steroid dienone is 1. The van der Waals surface area contributed by atoms with Crippen LogP contribution in [0.4, 0.5) is 0 Å². The lowest BCUT2D eigenvalue weighted by Crippen LogP contribution is -2.33. The number of hydrogen-bond donors (Lipinski definition) is 0. The van der Waals surface area contributed by atoms with Gasteiger partial charge in [0.25, 0.3) is 5.89 Å². The number of carbonyl (C=O) groups is 1. The summed E-state index contributed by atoms with van der Waals surface area (Å²) in [5, 5.41) is 4.12. The first-order valence-electron chi connectivity index (χ1n) is 8.89. The monoisotopic (exact) mass is 338 g/mol. The lowest BCUT2D eigenvalue weighted by atomic mass is 9.85. The van der Waals surface area contributed by atoms with Crippen LogP contribution in [0.25, 0.3) is 11.6 Å². The molecule has 6 heteroatoms. The van der Waals surface area contributed by atoms with Crippen molar-refractivity contribution in [3.63, 3.8) is 0 Å². The fourth-order valence-electron chi connectivity index (χ4n) is 3.44. The molecule has 6 nitrogen and oxygen atoms in total. The predicted molar refractivity (Wildman–Crippen MR) is 93.4 cm³/mol. The lowest BCUT2D eigenvalue weighted by Gasteiger charge is -2.30. The lowest BCUT2D eigenvalue weighted by molar-refractivity contribution is -0.128. The Hall–Kier alpha value is -2.50. The van der Waals surface area contributed by atoms with E-state index in [1.165, 1.54) is 19.3 Å². The zero-order chi connectivity index (χ0) is 17.2. The Labute approximate surface area is 146 Å². The molecule has 2 aromatic heterocycles. The average molecular weight is 338 g/mol. The van der Waals surface area contributed by atoms with Gasteiger partial charge in [-0.1, -0.05) is 17.6 Å². The molecule has 1 aliphatic heterocycles. The van der Waals surface area contributed by atoms with Gasteiger partial charge in [0.05, 0.1) is 0 Å². The van der Waals surface area contributed by atoms with Crippen molar-refractivity contribution in [3.8, 4) is 0 Å². The Kier molecular flexibility index (Phi) is 4.34. The molecule has 2 fully saturated rings. The summed E-state index contributed by atoms with van der Waals surface area (Å²) >= 11 is 0. The van der Waals surface area contributed by atoms with E-state index in [1.807, 2.05) is 30.0 Å². The van der Waals surface area contributed by atoms with E-state index in [-0.39, 0.29) is 11.8 Å². The van der Waals surface area contributed by atoms with E-state index < -0.39 is 0 Å². The molecule has 1 amide bonds. The van der Waals surface area contributed by atoms with E-state index in [0.29, 0.717) is 30.6 Å². The third-order valence-corrected chi connectivity index (χ3v) is 5.13. The molecule has 25 heavy (non-hydrogen) atoms. The van der Waals surface area contributed by atoms with Gasteiger partial charge in [0.1, 0.15) is 0 Å². The number of pyridine rings is 1. The molecule has 1 saturated heterocycles. The van der Waals surface area contributed by atoms with Gasteiger partial charge in [0, 0.05) is 43.4 Å². The second-order valence-corrected chi connectivity index (χ2v) is 7.07. The van der Waals surface area contributed by atoms with Crippen LogP contribution in [-0.4, -0.2) is 39.0 Å². The molecule has 1 aliphatic carbocycles. The third kappa shape index (κ3) is 3.48. The maximum Gasteiger partial charge on any atom is 0.253 e. The van der Waals surface area contributed by atoms with Crippen LogP contribution < -0.4 is 0 Å². The van der Waals surface area contributed by atoms with Gasteiger partial charge >= 0.3 is 0 Å². The number of likely N-dealkylation sites (tertiary alicyclic amines) is 1. The molecule has 0 bridgehead atoms. The van der Waals surface area contributed by atoms with Crippen molar-refractivity contribution in [2.45, 2.75) is 38.5 Å². The van der Waals surface area contributed by atoms with Crippen LogP contribution in [-0.2, 0) is 4.79 Å². The number of hydrogen-bond acceptors (Lipinski definition) is 5. The zero-order valence-corrected chi connectivity index (χ0v) is 14.4. The first-order valence-corrected chi connectivity index (χ1v) is 8.89.